The lowest BCUT2D eigenvalue weighted by molar-refractivity contribution is -0.0763. The summed E-state index contributed by atoms with van der Waals surface area (Å²) < 4.78 is 0. The Labute approximate surface area is 66.8 Å². The average molecular weight is 168 g/mol. The molecule has 2 unspecified atom stereocenters. The van der Waals surface area contributed by atoms with Gasteiger partial charge in [-0.2, -0.15) is 0 Å². The van der Waals surface area contributed by atoms with Crippen LogP contribution in [0.2, 0.25) is 0 Å². The van der Waals surface area contributed by atoms with Crippen molar-refractivity contribution in [2.24, 2.45) is 0 Å². The van der Waals surface area contributed by atoms with Gasteiger partial charge in [-0.1, -0.05) is 0 Å². The van der Waals surface area contributed by atoms with Gasteiger partial charge >= 0.3 is 0 Å². The van der Waals surface area contributed by atoms with Crippen LogP contribution in [0.5, 0.6) is 0 Å². The second kappa shape index (κ2) is 3.53. The van der Waals surface area contributed by atoms with E-state index in [1.54, 1.807) is 6.92 Å². The minimum Gasteiger partial charge on any atom is -0.390 e. The fourth-order valence-corrected chi connectivity index (χ4v) is 1.01. The first kappa shape index (κ1) is 10.2. The molecule has 3 nitrogen and oxygen atoms in total. The van der Waals surface area contributed by atoms with Crippen LogP contribution >= 0.6 is 12.4 Å². The quantitative estimate of drug-likeness (QED) is 0.457. The van der Waals surface area contributed by atoms with Crippen LogP contribution in [0.3, 0.4) is 0 Å². The lowest BCUT2D eigenvalue weighted by Crippen LogP contribution is -2.53. The van der Waals surface area contributed by atoms with E-state index < -0.39 is 11.7 Å². The molecule has 0 saturated carbocycles. The summed E-state index contributed by atoms with van der Waals surface area (Å²) in [6.07, 6.45) is 0.0891. The van der Waals surface area contributed by atoms with Gasteiger partial charge in [-0.3, -0.25) is 0 Å². The van der Waals surface area contributed by atoms with Gasteiger partial charge in [0.25, 0.3) is 0 Å². The van der Waals surface area contributed by atoms with Gasteiger partial charge in [-0.15, -0.1) is 12.4 Å². The highest BCUT2D eigenvalue weighted by Gasteiger charge is 2.32. The van der Waals surface area contributed by atoms with Gasteiger partial charge in [0.05, 0.1) is 6.10 Å². The second-order valence-corrected chi connectivity index (χ2v) is 2.84. The minimum atomic E-state index is -0.918. The molecule has 0 aliphatic carbocycles. The minimum absolute atomic E-state index is 0. The molecule has 1 rings (SSSR count). The molecular formula is C6H14ClNO2. The Bertz CT molecular complexity index is 108. The molecule has 0 bridgehead atoms. The maximum Gasteiger partial charge on any atom is 0.100 e. The molecule has 2 atom stereocenters. The second-order valence-electron chi connectivity index (χ2n) is 2.84. The van der Waals surface area contributed by atoms with E-state index in [-0.39, 0.29) is 12.4 Å². The van der Waals surface area contributed by atoms with Crippen molar-refractivity contribution >= 4 is 12.4 Å². The van der Waals surface area contributed by atoms with Crippen molar-refractivity contribution in [3.05, 3.63) is 0 Å². The van der Waals surface area contributed by atoms with Crippen molar-refractivity contribution < 1.29 is 10.2 Å². The van der Waals surface area contributed by atoms with E-state index in [4.69, 9.17) is 5.11 Å². The summed E-state index contributed by atoms with van der Waals surface area (Å²) in [7, 11) is 0. The van der Waals surface area contributed by atoms with E-state index in [1.165, 1.54) is 0 Å². The lowest BCUT2D eigenvalue weighted by Gasteiger charge is -2.33. The van der Waals surface area contributed by atoms with Crippen LogP contribution in [0.1, 0.15) is 13.3 Å². The zero-order valence-electron chi connectivity index (χ0n) is 6.00. The van der Waals surface area contributed by atoms with Gasteiger partial charge < -0.3 is 15.5 Å². The number of piperidine rings is 1. The third kappa shape index (κ3) is 2.09. The van der Waals surface area contributed by atoms with E-state index in [0.29, 0.717) is 13.0 Å². The fourth-order valence-electron chi connectivity index (χ4n) is 1.01. The molecule has 1 fully saturated rings. The highest BCUT2D eigenvalue weighted by atomic mass is 35.5. The third-order valence-electron chi connectivity index (χ3n) is 1.80. The average Bonchev–Trinajstić information content (AvgIpc) is 1.77. The summed E-state index contributed by atoms with van der Waals surface area (Å²) in [4.78, 5) is 0. The first-order valence-electron chi connectivity index (χ1n) is 3.24. The van der Waals surface area contributed by atoms with Gasteiger partial charge in [0.1, 0.15) is 5.60 Å². The molecule has 1 aliphatic rings. The first-order valence-corrected chi connectivity index (χ1v) is 3.24. The van der Waals surface area contributed by atoms with Crippen molar-refractivity contribution in [2.45, 2.75) is 25.0 Å². The summed E-state index contributed by atoms with van der Waals surface area (Å²) in [5, 5.41) is 21.5. The zero-order valence-corrected chi connectivity index (χ0v) is 6.82. The number of aliphatic hydroxyl groups is 2. The zero-order chi connectivity index (χ0) is 6.91. The summed E-state index contributed by atoms with van der Waals surface area (Å²) >= 11 is 0. The van der Waals surface area contributed by atoms with Gasteiger partial charge in [0, 0.05) is 6.54 Å². The molecule has 1 saturated heterocycles. The first-order chi connectivity index (χ1) is 4.13. The summed E-state index contributed by atoms with van der Waals surface area (Å²) in [6, 6.07) is 0. The maximum atomic E-state index is 9.33. The number of rotatable bonds is 0. The molecule has 0 aromatic rings. The van der Waals surface area contributed by atoms with Crippen LogP contribution in [0.25, 0.3) is 0 Å². The van der Waals surface area contributed by atoms with Crippen LogP contribution in [0.4, 0.5) is 0 Å². The molecule has 0 amide bonds. The standard InChI is InChI=1S/C6H13NO2.ClH/c1-6(9)4-7-3-2-5(6)8;/h5,7-9H,2-4H2,1H3;1H. The Morgan fingerprint density at radius 3 is 2.50 bits per heavy atom. The number of aliphatic hydroxyl groups excluding tert-OH is 1. The lowest BCUT2D eigenvalue weighted by atomic mass is 9.93. The third-order valence-corrected chi connectivity index (χ3v) is 1.80. The molecule has 0 spiro atoms. The smallest absolute Gasteiger partial charge is 0.100 e. The summed E-state index contributed by atoms with van der Waals surface area (Å²) in [5.41, 5.74) is -0.918. The number of halogens is 1. The van der Waals surface area contributed by atoms with Gasteiger partial charge in [-0.25, -0.2) is 0 Å². The van der Waals surface area contributed by atoms with Gasteiger partial charge in [0.2, 0.25) is 0 Å². The predicted molar refractivity (Wildman–Crippen MR) is 41.4 cm³/mol. The van der Waals surface area contributed by atoms with Gasteiger partial charge in [0.15, 0.2) is 0 Å². The Morgan fingerprint density at radius 2 is 2.20 bits per heavy atom. The molecule has 1 heterocycles. The van der Waals surface area contributed by atoms with Crippen LogP contribution < -0.4 is 5.32 Å². The molecule has 0 aromatic heterocycles. The highest BCUT2D eigenvalue weighted by molar-refractivity contribution is 5.85. The number of β-amino-alcohol motifs (C(OH)–C–C–N with tert-alkyl or cyclic N) is 1. The van der Waals surface area contributed by atoms with E-state index in [2.05, 4.69) is 5.32 Å². The Balaban J connectivity index is 0.000000810. The molecular weight excluding hydrogens is 154 g/mol. The summed E-state index contributed by atoms with van der Waals surface area (Å²) in [5.74, 6) is 0. The van der Waals surface area contributed by atoms with Crippen molar-refractivity contribution in [3.8, 4) is 0 Å². The summed E-state index contributed by atoms with van der Waals surface area (Å²) in [6.45, 7) is 2.94. The van der Waals surface area contributed by atoms with E-state index in [0.717, 1.165) is 6.54 Å². The predicted octanol–water partition coefficient (Wildman–Crippen LogP) is -0.487. The van der Waals surface area contributed by atoms with Crippen LogP contribution in [0, 0.1) is 0 Å². The van der Waals surface area contributed by atoms with E-state index >= 15 is 0 Å². The Hall–Kier alpha value is 0.170. The Kier molecular flexibility index (Phi) is 3.59. The van der Waals surface area contributed by atoms with E-state index in [9.17, 15) is 5.11 Å². The molecule has 4 heteroatoms. The van der Waals surface area contributed by atoms with Crippen molar-refractivity contribution in [2.75, 3.05) is 13.1 Å². The highest BCUT2D eigenvalue weighted by Crippen LogP contribution is 2.14. The molecule has 62 valence electrons. The Morgan fingerprint density at radius 1 is 1.60 bits per heavy atom. The number of hydrogen-bond acceptors (Lipinski definition) is 3. The largest absolute Gasteiger partial charge is 0.390 e. The van der Waals surface area contributed by atoms with Crippen molar-refractivity contribution in [1.82, 2.24) is 5.32 Å². The van der Waals surface area contributed by atoms with Crippen LogP contribution in [-0.2, 0) is 0 Å². The van der Waals surface area contributed by atoms with Crippen molar-refractivity contribution in [1.29, 1.82) is 0 Å². The number of nitrogens with one attached hydrogen (secondary N) is 1. The topological polar surface area (TPSA) is 52.5 Å². The monoisotopic (exact) mass is 167 g/mol. The van der Waals surface area contributed by atoms with Crippen LogP contribution in [-0.4, -0.2) is 35.0 Å². The molecule has 3 N–H and O–H groups in total. The van der Waals surface area contributed by atoms with Crippen molar-refractivity contribution in [3.63, 3.8) is 0 Å². The molecule has 10 heavy (non-hydrogen) atoms. The molecule has 0 radical (unpaired) electrons. The van der Waals surface area contributed by atoms with E-state index in [1.807, 2.05) is 0 Å². The SMILES string of the molecule is CC1(O)CNCCC1O.Cl. The maximum absolute atomic E-state index is 9.33. The van der Waals surface area contributed by atoms with Gasteiger partial charge in [-0.05, 0) is 19.9 Å². The fraction of sp³-hybridized carbons (Fsp3) is 1.00. The molecule has 0 aromatic carbocycles. The molecule has 1 aliphatic heterocycles. The van der Waals surface area contributed by atoms with Crippen LogP contribution in [0.15, 0.2) is 0 Å². The number of hydrogen-bond donors (Lipinski definition) is 3. The normalized spacial score (nSPS) is 40.5.